The van der Waals surface area contributed by atoms with Crippen LogP contribution < -0.4 is 0 Å². The summed E-state index contributed by atoms with van der Waals surface area (Å²) in [5.74, 6) is -1.25. The molecular weight excluding hydrogens is 228 g/mol. The van der Waals surface area contributed by atoms with Crippen LogP contribution in [0.25, 0.3) is 10.8 Å². The van der Waals surface area contributed by atoms with E-state index in [0.29, 0.717) is 6.42 Å². The number of hydrogen-bond donors (Lipinski definition) is 0. The average molecular weight is 242 g/mol. The lowest BCUT2D eigenvalue weighted by Gasteiger charge is -2.05. The van der Waals surface area contributed by atoms with Crippen molar-refractivity contribution in [3.8, 4) is 0 Å². The zero-order chi connectivity index (χ0) is 13.0. The van der Waals surface area contributed by atoms with Crippen LogP contribution in [0.3, 0.4) is 0 Å². The first-order valence-electron chi connectivity index (χ1n) is 5.80. The maximum Gasteiger partial charge on any atom is 0.374 e. The number of hydrogen-bond acceptors (Lipinski definition) is 3. The maximum atomic E-state index is 11.4. The molecule has 0 saturated heterocycles. The van der Waals surface area contributed by atoms with E-state index in [1.807, 2.05) is 42.5 Å². The second-order valence-electron chi connectivity index (χ2n) is 4.05. The molecule has 0 unspecified atom stereocenters. The van der Waals surface area contributed by atoms with Crippen molar-refractivity contribution in [3.63, 3.8) is 0 Å². The predicted octanol–water partition coefficient (Wildman–Crippen LogP) is 2.51. The first-order chi connectivity index (χ1) is 8.72. The summed E-state index contributed by atoms with van der Waals surface area (Å²) in [6.07, 6.45) is 0.732. The molecule has 0 aliphatic carbocycles. The van der Waals surface area contributed by atoms with E-state index in [-0.39, 0.29) is 6.42 Å². The Morgan fingerprint density at radius 3 is 2.56 bits per heavy atom. The number of Topliss-reactive ketones (excluding diaryl/α,β-unsaturated/α-hetero) is 1. The molecule has 3 heteroatoms. The summed E-state index contributed by atoms with van der Waals surface area (Å²) in [6.45, 7) is 0. The molecular formula is C15H14O3. The molecule has 0 radical (unpaired) electrons. The third-order valence-electron chi connectivity index (χ3n) is 2.91. The summed E-state index contributed by atoms with van der Waals surface area (Å²) >= 11 is 0. The third kappa shape index (κ3) is 2.56. The van der Waals surface area contributed by atoms with Crippen LogP contribution in [0.15, 0.2) is 42.5 Å². The highest BCUT2D eigenvalue weighted by molar-refractivity contribution is 6.33. The Labute approximate surface area is 105 Å². The molecule has 0 heterocycles. The fourth-order valence-corrected chi connectivity index (χ4v) is 1.97. The number of benzene rings is 2. The Bertz CT molecular complexity index is 582. The van der Waals surface area contributed by atoms with Crippen LogP contribution in [0.1, 0.15) is 12.0 Å². The van der Waals surface area contributed by atoms with Crippen LogP contribution in [0.5, 0.6) is 0 Å². The number of fused-ring (bicyclic) bond motifs is 1. The summed E-state index contributed by atoms with van der Waals surface area (Å²) in [5.41, 5.74) is 1.07. The SMILES string of the molecule is COC(=O)C(=O)CCc1cccc2ccccc12. The molecule has 92 valence electrons. The molecule has 0 aliphatic rings. The molecule has 2 aromatic carbocycles. The summed E-state index contributed by atoms with van der Waals surface area (Å²) in [4.78, 5) is 22.4. The minimum atomic E-state index is -0.768. The number of carbonyl (C=O) groups excluding carboxylic acids is 2. The van der Waals surface area contributed by atoms with Crippen molar-refractivity contribution in [2.45, 2.75) is 12.8 Å². The summed E-state index contributed by atoms with van der Waals surface area (Å²) in [7, 11) is 1.22. The van der Waals surface area contributed by atoms with Crippen LogP contribution >= 0.6 is 0 Å². The van der Waals surface area contributed by atoms with Gasteiger partial charge in [-0.05, 0) is 22.8 Å². The van der Waals surface area contributed by atoms with Gasteiger partial charge in [0.25, 0.3) is 0 Å². The van der Waals surface area contributed by atoms with Crippen LogP contribution in [0.2, 0.25) is 0 Å². The third-order valence-corrected chi connectivity index (χ3v) is 2.91. The highest BCUT2D eigenvalue weighted by atomic mass is 16.5. The fraction of sp³-hybridized carbons (Fsp3) is 0.200. The Balaban J connectivity index is 2.17. The van der Waals surface area contributed by atoms with E-state index in [1.165, 1.54) is 7.11 Å². The van der Waals surface area contributed by atoms with E-state index in [4.69, 9.17) is 0 Å². The predicted molar refractivity (Wildman–Crippen MR) is 69.3 cm³/mol. The molecule has 0 saturated carbocycles. The van der Waals surface area contributed by atoms with Gasteiger partial charge in [-0.2, -0.15) is 0 Å². The highest BCUT2D eigenvalue weighted by Gasteiger charge is 2.13. The highest BCUT2D eigenvalue weighted by Crippen LogP contribution is 2.19. The van der Waals surface area contributed by atoms with Crippen LogP contribution in [-0.4, -0.2) is 18.9 Å². The molecule has 0 aromatic heterocycles. The normalized spacial score (nSPS) is 10.3. The van der Waals surface area contributed by atoms with Crippen molar-refractivity contribution in [1.29, 1.82) is 0 Å². The van der Waals surface area contributed by atoms with Gasteiger partial charge in [0.2, 0.25) is 5.78 Å². The molecule has 0 aliphatic heterocycles. The van der Waals surface area contributed by atoms with Gasteiger partial charge in [-0.15, -0.1) is 0 Å². The quantitative estimate of drug-likeness (QED) is 0.611. The molecule has 0 amide bonds. The van der Waals surface area contributed by atoms with Crippen LogP contribution in [0.4, 0.5) is 0 Å². The number of rotatable bonds is 4. The van der Waals surface area contributed by atoms with Gasteiger partial charge in [0.1, 0.15) is 0 Å². The number of methoxy groups -OCH3 is 1. The van der Waals surface area contributed by atoms with Gasteiger partial charge < -0.3 is 4.74 Å². The lowest BCUT2D eigenvalue weighted by atomic mass is 10.00. The van der Waals surface area contributed by atoms with Crippen molar-refractivity contribution in [1.82, 2.24) is 0 Å². The lowest BCUT2D eigenvalue weighted by Crippen LogP contribution is -2.15. The number of carbonyl (C=O) groups is 2. The zero-order valence-electron chi connectivity index (χ0n) is 10.2. The molecule has 0 N–H and O–H groups in total. The molecule has 18 heavy (non-hydrogen) atoms. The van der Waals surface area contributed by atoms with Gasteiger partial charge in [-0.25, -0.2) is 4.79 Å². The second kappa shape index (κ2) is 5.45. The summed E-state index contributed by atoms with van der Waals surface area (Å²) in [6, 6.07) is 14.0. The second-order valence-corrected chi connectivity index (χ2v) is 4.05. The standard InChI is InChI=1S/C15H14O3/c1-18-15(17)14(16)10-9-12-7-4-6-11-5-2-3-8-13(11)12/h2-8H,9-10H2,1H3. The molecule has 0 fully saturated rings. The van der Waals surface area contributed by atoms with E-state index in [9.17, 15) is 9.59 Å². The largest absolute Gasteiger partial charge is 0.463 e. The van der Waals surface area contributed by atoms with Gasteiger partial charge in [0.05, 0.1) is 7.11 Å². The number of ketones is 1. The summed E-state index contributed by atoms with van der Waals surface area (Å²) < 4.78 is 4.40. The lowest BCUT2D eigenvalue weighted by molar-refractivity contribution is -0.151. The van der Waals surface area contributed by atoms with Crippen molar-refractivity contribution in [2.24, 2.45) is 0 Å². The van der Waals surface area contributed by atoms with E-state index in [0.717, 1.165) is 16.3 Å². The van der Waals surface area contributed by atoms with Crippen LogP contribution in [-0.2, 0) is 20.7 Å². The number of esters is 1. The zero-order valence-corrected chi connectivity index (χ0v) is 10.2. The van der Waals surface area contributed by atoms with Gasteiger partial charge in [-0.3, -0.25) is 4.79 Å². The summed E-state index contributed by atoms with van der Waals surface area (Å²) in [5, 5.41) is 2.26. The Hall–Kier alpha value is -2.16. The van der Waals surface area contributed by atoms with Crippen molar-refractivity contribution in [3.05, 3.63) is 48.0 Å². The Morgan fingerprint density at radius 2 is 1.78 bits per heavy atom. The van der Waals surface area contributed by atoms with E-state index >= 15 is 0 Å². The molecule has 0 spiro atoms. The molecule has 3 nitrogen and oxygen atoms in total. The van der Waals surface area contributed by atoms with E-state index in [2.05, 4.69) is 4.74 Å². The van der Waals surface area contributed by atoms with Gasteiger partial charge >= 0.3 is 5.97 Å². The Kier molecular flexibility index (Phi) is 3.72. The van der Waals surface area contributed by atoms with E-state index < -0.39 is 11.8 Å². The minimum absolute atomic E-state index is 0.181. The number of ether oxygens (including phenoxy) is 1. The first kappa shape index (κ1) is 12.3. The topological polar surface area (TPSA) is 43.4 Å². The fourth-order valence-electron chi connectivity index (χ4n) is 1.97. The minimum Gasteiger partial charge on any atom is -0.463 e. The van der Waals surface area contributed by atoms with Crippen LogP contribution in [0, 0.1) is 0 Å². The van der Waals surface area contributed by atoms with Crippen molar-refractivity contribution in [2.75, 3.05) is 7.11 Å². The first-order valence-corrected chi connectivity index (χ1v) is 5.80. The van der Waals surface area contributed by atoms with Crippen molar-refractivity contribution >= 4 is 22.5 Å². The molecule has 0 bridgehead atoms. The van der Waals surface area contributed by atoms with Gasteiger partial charge in [0, 0.05) is 6.42 Å². The molecule has 2 rings (SSSR count). The van der Waals surface area contributed by atoms with E-state index in [1.54, 1.807) is 0 Å². The van der Waals surface area contributed by atoms with Crippen molar-refractivity contribution < 1.29 is 14.3 Å². The molecule has 0 atom stereocenters. The van der Waals surface area contributed by atoms with Gasteiger partial charge in [-0.1, -0.05) is 42.5 Å². The monoisotopic (exact) mass is 242 g/mol. The number of aryl methyl sites for hydroxylation is 1. The Morgan fingerprint density at radius 1 is 1.06 bits per heavy atom. The van der Waals surface area contributed by atoms with Gasteiger partial charge in [0.15, 0.2) is 0 Å². The smallest absolute Gasteiger partial charge is 0.374 e. The maximum absolute atomic E-state index is 11.4. The molecule has 2 aromatic rings. The average Bonchev–Trinajstić information content (AvgIpc) is 2.43.